The average Bonchev–Trinajstić information content (AvgIpc) is 3.33. The molecule has 1 N–H and O–H groups in total. The van der Waals surface area contributed by atoms with E-state index in [1.54, 1.807) is 13.0 Å². The smallest absolute Gasteiger partial charge is 0.273 e. The average molecular weight is 421 g/mol. The highest BCUT2D eigenvalue weighted by atomic mass is 16.5. The maximum atomic E-state index is 13.4. The number of amides is 2. The van der Waals surface area contributed by atoms with E-state index in [9.17, 15) is 9.59 Å². The summed E-state index contributed by atoms with van der Waals surface area (Å²) in [5, 5.41) is 6.77. The van der Waals surface area contributed by atoms with Gasteiger partial charge in [-0.05, 0) is 64.8 Å². The van der Waals surface area contributed by atoms with E-state index in [1.165, 1.54) is 0 Å². The lowest BCUT2D eigenvalue weighted by molar-refractivity contribution is 0.0697. The van der Waals surface area contributed by atoms with Crippen molar-refractivity contribution in [3.05, 3.63) is 70.4 Å². The van der Waals surface area contributed by atoms with Crippen LogP contribution in [0.25, 0.3) is 5.69 Å². The third kappa shape index (κ3) is 4.26. The van der Waals surface area contributed by atoms with Crippen molar-refractivity contribution in [2.75, 3.05) is 13.1 Å². The second kappa shape index (κ2) is 8.41. The van der Waals surface area contributed by atoms with E-state index >= 15 is 0 Å². The van der Waals surface area contributed by atoms with Crippen molar-refractivity contribution in [2.24, 2.45) is 0 Å². The van der Waals surface area contributed by atoms with Crippen molar-refractivity contribution >= 4 is 11.8 Å². The Balaban J connectivity index is 1.47. The summed E-state index contributed by atoms with van der Waals surface area (Å²) < 4.78 is 7.10. The molecule has 0 bridgehead atoms. The van der Waals surface area contributed by atoms with Crippen molar-refractivity contribution in [2.45, 2.75) is 46.6 Å². The maximum absolute atomic E-state index is 13.4. The van der Waals surface area contributed by atoms with Crippen LogP contribution in [0.1, 0.15) is 56.4 Å². The fourth-order valence-corrected chi connectivity index (χ4v) is 4.19. The summed E-state index contributed by atoms with van der Waals surface area (Å²) in [5.41, 5.74) is 5.16. The van der Waals surface area contributed by atoms with Gasteiger partial charge >= 0.3 is 0 Å². The zero-order chi connectivity index (χ0) is 22.1. The number of likely N-dealkylation sites (tertiary alicyclic amines) is 1. The van der Waals surface area contributed by atoms with Gasteiger partial charge in [-0.25, -0.2) is 0 Å². The standard InChI is InChI=1S/C24H28N4O3/c1-15-5-8-22(28-16(2)6-7-17(28)3)20(13-15)24(30)27-11-9-19(10-12-27)25-23(29)21-14-18(4)31-26-21/h5-8,13-14,19H,9-12H2,1-4H3,(H,25,29). The van der Waals surface area contributed by atoms with Crippen LogP contribution < -0.4 is 5.32 Å². The Labute approximate surface area is 182 Å². The molecule has 1 aromatic carbocycles. The van der Waals surface area contributed by atoms with Crippen molar-refractivity contribution in [1.29, 1.82) is 0 Å². The van der Waals surface area contributed by atoms with Crippen LogP contribution in [0.4, 0.5) is 0 Å². The molecule has 2 amide bonds. The van der Waals surface area contributed by atoms with Crippen molar-refractivity contribution < 1.29 is 14.1 Å². The Morgan fingerprint density at radius 1 is 1.00 bits per heavy atom. The fourth-order valence-electron chi connectivity index (χ4n) is 4.19. The quantitative estimate of drug-likeness (QED) is 0.697. The molecule has 0 atom stereocenters. The molecule has 0 saturated carbocycles. The molecule has 1 fully saturated rings. The SMILES string of the molecule is Cc1ccc(-n2c(C)ccc2C)c(C(=O)N2CCC(NC(=O)c3cc(C)on3)CC2)c1. The van der Waals surface area contributed by atoms with Gasteiger partial charge < -0.3 is 19.3 Å². The topological polar surface area (TPSA) is 80.4 Å². The molecule has 2 aromatic heterocycles. The van der Waals surface area contributed by atoms with Gasteiger partial charge in [-0.1, -0.05) is 16.8 Å². The first-order valence-corrected chi connectivity index (χ1v) is 10.6. The molecule has 1 aliphatic rings. The van der Waals surface area contributed by atoms with Gasteiger partial charge in [-0.2, -0.15) is 0 Å². The van der Waals surface area contributed by atoms with Gasteiger partial charge in [0.1, 0.15) is 5.76 Å². The molecular formula is C24H28N4O3. The van der Waals surface area contributed by atoms with Crippen LogP contribution in [0.15, 0.2) is 40.9 Å². The summed E-state index contributed by atoms with van der Waals surface area (Å²) in [5.74, 6) is 0.400. The normalized spacial score (nSPS) is 14.6. The first-order chi connectivity index (χ1) is 14.8. The molecule has 0 spiro atoms. The second-order valence-corrected chi connectivity index (χ2v) is 8.33. The predicted octanol–water partition coefficient (Wildman–Crippen LogP) is 3.73. The lowest BCUT2D eigenvalue weighted by Gasteiger charge is -2.33. The van der Waals surface area contributed by atoms with Gasteiger partial charge in [-0.3, -0.25) is 9.59 Å². The van der Waals surface area contributed by atoms with Gasteiger partial charge in [-0.15, -0.1) is 0 Å². The van der Waals surface area contributed by atoms with Crippen LogP contribution in [0.2, 0.25) is 0 Å². The number of nitrogens with one attached hydrogen (secondary N) is 1. The number of carbonyl (C=O) groups excluding carboxylic acids is 2. The van der Waals surface area contributed by atoms with Crippen LogP contribution in [0, 0.1) is 27.7 Å². The molecular weight excluding hydrogens is 392 g/mol. The van der Waals surface area contributed by atoms with Gasteiger partial charge in [0.15, 0.2) is 5.69 Å². The Kier molecular flexibility index (Phi) is 5.67. The minimum Gasteiger partial charge on any atom is -0.361 e. The van der Waals surface area contributed by atoms with Crippen molar-refractivity contribution in [1.82, 2.24) is 19.9 Å². The minimum absolute atomic E-state index is 0.0134. The van der Waals surface area contributed by atoms with Crippen LogP contribution >= 0.6 is 0 Å². The molecule has 4 rings (SSSR count). The Morgan fingerprint density at radius 3 is 2.29 bits per heavy atom. The van der Waals surface area contributed by atoms with Crippen LogP contribution in [0.5, 0.6) is 0 Å². The molecule has 7 heteroatoms. The predicted molar refractivity (Wildman–Crippen MR) is 118 cm³/mol. The molecule has 0 aliphatic carbocycles. The van der Waals surface area contributed by atoms with Gasteiger partial charge in [0.05, 0.1) is 11.3 Å². The highest BCUT2D eigenvalue weighted by Gasteiger charge is 2.27. The van der Waals surface area contributed by atoms with E-state index in [2.05, 4.69) is 27.2 Å². The summed E-state index contributed by atoms with van der Waals surface area (Å²) in [7, 11) is 0. The number of hydrogen-bond donors (Lipinski definition) is 1. The molecule has 3 aromatic rings. The number of nitrogens with zero attached hydrogens (tertiary/aromatic N) is 3. The summed E-state index contributed by atoms with van der Waals surface area (Å²) >= 11 is 0. The first-order valence-electron chi connectivity index (χ1n) is 10.6. The molecule has 0 radical (unpaired) electrons. The van der Waals surface area contributed by atoms with Crippen molar-refractivity contribution in [3.8, 4) is 5.69 Å². The molecule has 3 heterocycles. The first kappa shape index (κ1) is 20.9. The van der Waals surface area contributed by atoms with Gasteiger partial charge in [0.2, 0.25) is 0 Å². The number of hydrogen-bond acceptors (Lipinski definition) is 4. The molecule has 31 heavy (non-hydrogen) atoms. The molecule has 0 unspecified atom stereocenters. The van der Waals surface area contributed by atoms with E-state index in [1.807, 2.05) is 43.9 Å². The summed E-state index contributed by atoms with van der Waals surface area (Å²) in [6.45, 7) is 9.04. The molecule has 1 saturated heterocycles. The molecule has 162 valence electrons. The molecule has 7 nitrogen and oxygen atoms in total. The number of carbonyl (C=O) groups is 2. The van der Waals surface area contributed by atoms with Gasteiger partial charge in [0.25, 0.3) is 11.8 Å². The Hall–Kier alpha value is -3.35. The van der Waals surface area contributed by atoms with Crippen LogP contribution in [-0.2, 0) is 0 Å². The zero-order valence-corrected chi connectivity index (χ0v) is 18.4. The second-order valence-electron chi connectivity index (χ2n) is 8.33. The Bertz CT molecular complexity index is 1100. The third-order valence-corrected chi connectivity index (χ3v) is 5.87. The largest absolute Gasteiger partial charge is 0.361 e. The number of rotatable bonds is 4. The third-order valence-electron chi connectivity index (χ3n) is 5.87. The zero-order valence-electron chi connectivity index (χ0n) is 18.4. The van der Waals surface area contributed by atoms with E-state index in [4.69, 9.17) is 4.52 Å². The minimum atomic E-state index is -0.235. The van der Waals surface area contributed by atoms with Crippen LogP contribution in [0.3, 0.4) is 0 Å². The molecule has 1 aliphatic heterocycles. The maximum Gasteiger partial charge on any atom is 0.273 e. The fraction of sp³-hybridized carbons (Fsp3) is 0.375. The highest BCUT2D eigenvalue weighted by Crippen LogP contribution is 2.24. The number of aromatic nitrogens is 2. The van der Waals surface area contributed by atoms with Gasteiger partial charge in [0, 0.05) is 36.6 Å². The number of piperidine rings is 1. The van der Waals surface area contributed by atoms with Crippen molar-refractivity contribution in [3.63, 3.8) is 0 Å². The summed E-state index contributed by atoms with van der Waals surface area (Å²) in [4.78, 5) is 27.7. The summed E-state index contributed by atoms with van der Waals surface area (Å²) in [6.07, 6.45) is 1.41. The van der Waals surface area contributed by atoms with E-state index in [-0.39, 0.29) is 23.6 Å². The highest BCUT2D eigenvalue weighted by molar-refractivity contribution is 5.98. The Morgan fingerprint density at radius 2 is 1.68 bits per heavy atom. The summed E-state index contributed by atoms with van der Waals surface area (Å²) in [6, 6.07) is 11.8. The lowest BCUT2D eigenvalue weighted by atomic mass is 10.0. The van der Waals surface area contributed by atoms with E-state index in [0.29, 0.717) is 37.3 Å². The number of benzene rings is 1. The van der Waals surface area contributed by atoms with Crippen LogP contribution in [-0.4, -0.2) is 45.6 Å². The lowest BCUT2D eigenvalue weighted by Crippen LogP contribution is -2.46. The number of aryl methyl sites for hydroxylation is 4. The monoisotopic (exact) mass is 420 g/mol. The van der Waals surface area contributed by atoms with E-state index in [0.717, 1.165) is 22.6 Å². The van der Waals surface area contributed by atoms with E-state index < -0.39 is 0 Å².